The number of carbonyl (C=O) groups is 1. The van der Waals surface area contributed by atoms with Crippen LogP contribution in [0, 0.1) is 11.2 Å². The van der Waals surface area contributed by atoms with E-state index in [0.29, 0.717) is 5.69 Å². The topological polar surface area (TPSA) is 32.3 Å². The molecular formula is C19H19FN2O. The summed E-state index contributed by atoms with van der Waals surface area (Å²) in [6, 6.07) is 16.4. The van der Waals surface area contributed by atoms with Crippen molar-refractivity contribution in [3.8, 4) is 0 Å². The Labute approximate surface area is 135 Å². The SMILES string of the molecule is O=C1N(c2cccc(F)c2)[C@@H](c2ccccc2)C12CCNCC2. The Hall–Kier alpha value is -2.20. The fraction of sp³-hybridized carbons (Fsp3) is 0.316. The Morgan fingerprint density at radius 3 is 2.48 bits per heavy atom. The van der Waals surface area contributed by atoms with Crippen LogP contribution in [0.4, 0.5) is 10.1 Å². The molecule has 23 heavy (non-hydrogen) atoms. The Morgan fingerprint density at radius 2 is 1.78 bits per heavy atom. The fourth-order valence-electron chi connectivity index (χ4n) is 4.01. The van der Waals surface area contributed by atoms with Gasteiger partial charge >= 0.3 is 0 Å². The first-order chi connectivity index (χ1) is 11.2. The first kappa shape index (κ1) is 14.4. The summed E-state index contributed by atoms with van der Waals surface area (Å²) >= 11 is 0. The molecule has 2 aromatic carbocycles. The molecule has 3 nitrogen and oxygen atoms in total. The molecule has 0 aromatic heterocycles. The highest BCUT2D eigenvalue weighted by Gasteiger charge is 2.61. The lowest BCUT2D eigenvalue weighted by Gasteiger charge is -2.58. The van der Waals surface area contributed by atoms with Crippen molar-refractivity contribution in [3.05, 3.63) is 66.0 Å². The minimum absolute atomic E-state index is 0.0138. The molecule has 2 saturated heterocycles. The van der Waals surface area contributed by atoms with Gasteiger partial charge in [-0.1, -0.05) is 36.4 Å². The van der Waals surface area contributed by atoms with E-state index in [1.807, 2.05) is 24.3 Å². The minimum atomic E-state index is -0.348. The maximum Gasteiger partial charge on any atom is 0.236 e. The lowest BCUT2D eigenvalue weighted by atomic mass is 9.62. The van der Waals surface area contributed by atoms with E-state index in [1.54, 1.807) is 11.0 Å². The van der Waals surface area contributed by atoms with E-state index in [0.717, 1.165) is 31.5 Å². The number of amides is 1. The molecule has 2 aliphatic heterocycles. The maximum absolute atomic E-state index is 13.6. The van der Waals surface area contributed by atoms with Gasteiger partial charge in [0.05, 0.1) is 11.5 Å². The van der Waals surface area contributed by atoms with Crippen LogP contribution in [-0.2, 0) is 4.79 Å². The number of carbonyl (C=O) groups excluding carboxylic acids is 1. The van der Waals surface area contributed by atoms with Crippen LogP contribution in [0.5, 0.6) is 0 Å². The number of hydrogen-bond donors (Lipinski definition) is 1. The van der Waals surface area contributed by atoms with Crippen LogP contribution in [0.1, 0.15) is 24.4 Å². The number of piperidine rings is 1. The van der Waals surface area contributed by atoms with E-state index in [2.05, 4.69) is 17.4 Å². The van der Waals surface area contributed by atoms with Crippen LogP contribution in [0.3, 0.4) is 0 Å². The van der Waals surface area contributed by atoms with Gasteiger partial charge in [0.2, 0.25) is 5.91 Å². The number of nitrogens with one attached hydrogen (secondary N) is 1. The summed E-state index contributed by atoms with van der Waals surface area (Å²) < 4.78 is 13.6. The lowest BCUT2D eigenvalue weighted by molar-refractivity contribution is -0.142. The van der Waals surface area contributed by atoms with E-state index < -0.39 is 0 Å². The monoisotopic (exact) mass is 310 g/mol. The number of rotatable bonds is 2. The summed E-state index contributed by atoms with van der Waals surface area (Å²) in [5, 5.41) is 3.33. The zero-order chi connectivity index (χ0) is 15.9. The summed E-state index contributed by atoms with van der Waals surface area (Å²) in [6.45, 7) is 1.71. The smallest absolute Gasteiger partial charge is 0.236 e. The molecule has 1 amide bonds. The normalized spacial score (nSPS) is 22.9. The number of benzene rings is 2. The first-order valence-electron chi connectivity index (χ1n) is 8.07. The van der Waals surface area contributed by atoms with Gasteiger partial charge in [-0.3, -0.25) is 4.79 Å². The molecular weight excluding hydrogens is 291 g/mol. The second-order valence-electron chi connectivity index (χ2n) is 6.37. The third-order valence-corrected chi connectivity index (χ3v) is 5.12. The van der Waals surface area contributed by atoms with Crippen molar-refractivity contribution in [1.29, 1.82) is 0 Å². The van der Waals surface area contributed by atoms with Crippen LogP contribution < -0.4 is 10.2 Å². The summed E-state index contributed by atoms with van der Waals surface area (Å²) in [5.41, 5.74) is 1.42. The number of halogens is 1. The van der Waals surface area contributed by atoms with Gasteiger partial charge in [0.1, 0.15) is 5.82 Å². The maximum atomic E-state index is 13.6. The molecule has 0 unspecified atom stereocenters. The van der Waals surface area contributed by atoms with Crippen molar-refractivity contribution in [2.45, 2.75) is 18.9 Å². The molecule has 0 saturated carbocycles. The van der Waals surface area contributed by atoms with Gasteiger partial charge in [0, 0.05) is 5.69 Å². The summed E-state index contributed by atoms with van der Waals surface area (Å²) in [6.07, 6.45) is 1.66. The zero-order valence-corrected chi connectivity index (χ0v) is 12.8. The van der Waals surface area contributed by atoms with E-state index in [-0.39, 0.29) is 23.2 Å². The van der Waals surface area contributed by atoms with Crippen LogP contribution in [0.2, 0.25) is 0 Å². The van der Waals surface area contributed by atoms with Crippen LogP contribution in [0.15, 0.2) is 54.6 Å². The molecule has 0 bridgehead atoms. The summed E-state index contributed by atoms with van der Waals surface area (Å²) in [7, 11) is 0. The third kappa shape index (κ3) is 2.17. The van der Waals surface area contributed by atoms with Gasteiger partial charge in [-0.25, -0.2) is 4.39 Å². The molecule has 1 N–H and O–H groups in total. The average molecular weight is 310 g/mol. The molecule has 2 heterocycles. The van der Waals surface area contributed by atoms with Crippen LogP contribution in [0.25, 0.3) is 0 Å². The van der Waals surface area contributed by atoms with Gasteiger partial charge < -0.3 is 10.2 Å². The predicted octanol–water partition coefficient (Wildman–Crippen LogP) is 3.28. The first-order valence-corrected chi connectivity index (χ1v) is 8.07. The van der Waals surface area contributed by atoms with Crippen LogP contribution >= 0.6 is 0 Å². The quantitative estimate of drug-likeness (QED) is 0.863. The van der Waals surface area contributed by atoms with Gasteiger partial charge in [0.25, 0.3) is 0 Å². The fourth-order valence-corrected chi connectivity index (χ4v) is 4.01. The Balaban J connectivity index is 1.78. The van der Waals surface area contributed by atoms with Gasteiger partial charge in [0.15, 0.2) is 0 Å². The predicted molar refractivity (Wildman–Crippen MR) is 87.6 cm³/mol. The molecule has 0 radical (unpaired) electrons. The molecule has 1 spiro atoms. The standard InChI is InChI=1S/C19H19FN2O/c20-15-7-4-8-16(13-15)22-17(14-5-2-1-3-6-14)19(18(22)23)9-11-21-12-10-19/h1-8,13,17,21H,9-12H2/t17-/m0/s1. The van der Waals surface area contributed by atoms with Gasteiger partial charge in [-0.05, 0) is 49.7 Å². The average Bonchev–Trinajstić information content (AvgIpc) is 2.60. The number of anilines is 1. The highest BCUT2D eigenvalue weighted by Crippen LogP contribution is 2.56. The van der Waals surface area contributed by atoms with Crippen molar-refractivity contribution < 1.29 is 9.18 Å². The van der Waals surface area contributed by atoms with Crippen molar-refractivity contribution in [2.24, 2.45) is 5.41 Å². The molecule has 118 valence electrons. The second-order valence-corrected chi connectivity index (χ2v) is 6.37. The number of hydrogen-bond acceptors (Lipinski definition) is 2. The third-order valence-electron chi connectivity index (χ3n) is 5.12. The van der Waals surface area contributed by atoms with E-state index in [4.69, 9.17) is 0 Å². The summed E-state index contributed by atoms with van der Waals surface area (Å²) in [4.78, 5) is 14.8. The van der Waals surface area contributed by atoms with Gasteiger partial charge in [-0.15, -0.1) is 0 Å². The van der Waals surface area contributed by atoms with E-state index in [1.165, 1.54) is 12.1 Å². The van der Waals surface area contributed by atoms with Crippen LogP contribution in [-0.4, -0.2) is 19.0 Å². The summed E-state index contributed by atoms with van der Waals surface area (Å²) in [5.74, 6) is -0.188. The zero-order valence-electron chi connectivity index (χ0n) is 12.8. The minimum Gasteiger partial charge on any atom is -0.317 e. The highest BCUT2D eigenvalue weighted by molar-refractivity contribution is 6.06. The second kappa shape index (κ2) is 5.46. The molecule has 2 aliphatic rings. The molecule has 2 fully saturated rings. The van der Waals surface area contributed by atoms with E-state index in [9.17, 15) is 9.18 Å². The Morgan fingerprint density at radius 1 is 1.04 bits per heavy atom. The largest absolute Gasteiger partial charge is 0.317 e. The molecule has 2 aromatic rings. The Kier molecular flexibility index (Phi) is 3.42. The molecule has 1 atom stereocenters. The molecule has 0 aliphatic carbocycles. The van der Waals surface area contributed by atoms with E-state index >= 15 is 0 Å². The molecule has 4 heteroatoms. The van der Waals surface area contributed by atoms with Crippen molar-refractivity contribution in [3.63, 3.8) is 0 Å². The number of nitrogens with zero attached hydrogens (tertiary/aromatic N) is 1. The highest BCUT2D eigenvalue weighted by atomic mass is 19.1. The van der Waals surface area contributed by atoms with Crippen molar-refractivity contribution >= 4 is 11.6 Å². The van der Waals surface area contributed by atoms with Crippen molar-refractivity contribution in [1.82, 2.24) is 5.32 Å². The molecule has 4 rings (SSSR count). The van der Waals surface area contributed by atoms with Crippen molar-refractivity contribution in [2.75, 3.05) is 18.0 Å². The van der Waals surface area contributed by atoms with Gasteiger partial charge in [-0.2, -0.15) is 0 Å². The lowest BCUT2D eigenvalue weighted by Crippen LogP contribution is -2.66. The number of β-lactam (4-membered cyclic amide) rings is 1. The Bertz CT molecular complexity index is 725.